The number of benzene rings is 1. The highest BCUT2D eigenvalue weighted by Crippen LogP contribution is 2.17. The summed E-state index contributed by atoms with van der Waals surface area (Å²) in [5, 5.41) is 7.10. The first-order chi connectivity index (χ1) is 9.29. The Balaban J connectivity index is 1.93. The number of amides is 1. The number of rotatable bonds is 6. The van der Waals surface area contributed by atoms with Crippen molar-refractivity contribution in [3.8, 4) is 11.1 Å². The molecule has 0 saturated heterocycles. The fourth-order valence-electron chi connectivity index (χ4n) is 1.84. The molecule has 1 amide bonds. The van der Waals surface area contributed by atoms with Crippen LogP contribution >= 0.6 is 0 Å². The Morgan fingerprint density at radius 1 is 1.26 bits per heavy atom. The van der Waals surface area contributed by atoms with Gasteiger partial charge in [-0.2, -0.15) is 5.10 Å². The van der Waals surface area contributed by atoms with E-state index in [4.69, 9.17) is 0 Å². The molecule has 0 saturated carbocycles. The van der Waals surface area contributed by atoms with Gasteiger partial charge in [0.1, 0.15) is 6.54 Å². The summed E-state index contributed by atoms with van der Waals surface area (Å²) in [6.45, 7) is 3.12. The molecule has 19 heavy (non-hydrogen) atoms. The molecule has 0 aliphatic rings. The van der Waals surface area contributed by atoms with Crippen LogP contribution < -0.4 is 5.32 Å². The van der Waals surface area contributed by atoms with Crippen molar-refractivity contribution in [3.63, 3.8) is 0 Å². The molecule has 0 unspecified atom stereocenters. The van der Waals surface area contributed by atoms with Crippen molar-refractivity contribution in [2.45, 2.75) is 26.3 Å². The lowest BCUT2D eigenvalue weighted by atomic mass is 10.1. The van der Waals surface area contributed by atoms with Crippen LogP contribution in [0.2, 0.25) is 0 Å². The van der Waals surface area contributed by atoms with E-state index in [0.717, 1.165) is 30.5 Å². The lowest BCUT2D eigenvalue weighted by molar-refractivity contribution is -0.121. The first kappa shape index (κ1) is 13.3. The zero-order valence-corrected chi connectivity index (χ0v) is 11.2. The van der Waals surface area contributed by atoms with Gasteiger partial charge in [-0.1, -0.05) is 43.7 Å². The molecule has 0 bridgehead atoms. The number of carbonyl (C=O) groups is 1. The van der Waals surface area contributed by atoms with Gasteiger partial charge in [-0.05, 0) is 12.0 Å². The second-order valence-corrected chi connectivity index (χ2v) is 4.50. The van der Waals surface area contributed by atoms with Gasteiger partial charge in [0.25, 0.3) is 0 Å². The minimum absolute atomic E-state index is 0.0103. The summed E-state index contributed by atoms with van der Waals surface area (Å²) < 4.78 is 1.67. The van der Waals surface area contributed by atoms with Gasteiger partial charge in [-0.3, -0.25) is 9.48 Å². The highest BCUT2D eigenvalue weighted by Gasteiger charge is 2.05. The molecule has 0 aliphatic carbocycles. The molecule has 0 fully saturated rings. The van der Waals surface area contributed by atoms with Crippen molar-refractivity contribution < 1.29 is 4.79 Å². The molecular weight excluding hydrogens is 238 g/mol. The fourth-order valence-corrected chi connectivity index (χ4v) is 1.84. The quantitative estimate of drug-likeness (QED) is 0.808. The van der Waals surface area contributed by atoms with Gasteiger partial charge >= 0.3 is 0 Å². The second kappa shape index (κ2) is 6.73. The Labute approximate surface area is 113 Å². The molecule has 1 aromatic heterocycles. The molecule has 4 heteroatoms. The third-order valence-corrected chi connectivity index (χ3v) is 2.90. The minimum Gasteiger partial charge on any atom is -0.354 e. The van der Waals surface area contributed by atoms with E-state index in [9.17, 15) is 4.79 Å². The Bertz CT molecular complexity index is 519. The lowest BCUT2D eigenvalue weighted by Crippen LogP contribution is -2.28. The first-order valence-electron chi connectivity index (χ1n) is 6.64. The summed E-state index contributed by atoms with van der Waals surface area (Å²) >= 11 is 0. The molecule has 0 spiro atoms. The zero-order valence-electron chi connectivity index (χ0n) is 11.2. The van der Waals surface area contributed by atoms with Crippen molar-refractivity contribution in [1.29, 1.82) is 0 Å². The molecule has 2 aromatic rings. The van der Waals surface area contributed by atoms with E-state index in [1.165, 1.54) is 0 Å². The standard InChI is InChI=1S/C15H19N3O/c1-2-3-9-16-15(19)12-18-11-14(10-17-18)13-7-5-4-6-8-13/h4-8,10-11H,2-3,9,12H2,1H3,(H,16,19). The average Bonchev–Trinajstić information content (AvgIpc) is 2.88. The number of hydrogen-bond donors (Lipinski definition) is 1. The Kier molecular flexibility index (Phi) is 4.72. The summed E-state index contributed by atoms with van der Waals surface area (Å²) in [4.78, 5) is 11.7. The third-order valence-electron chi connectivity index (χ3n) is 2.90. The molecule has 2 rings (SSSR count). The normalized spacial score (nSPS) is 10.4. The number of hydrogen-bond acceptors (Lipinski definition) is 2. The van der Waals surface area contributed by atoms with Crippen LogP contribution in [0.4, 0.5) is 0 Å². The first-order valence-corrected chi connectivity index (χ1v) is 6.64. The van der Waals surface area contributed by atoms with Crippen LogP contribution in [0.5, 0.6) is 0 Å². The molecule has 0 atom stereocenters. The number of unbranched alkanes of at least 4 members (excludes halogenated alkanes) is 1. The van der Waals surface area contributed by atoms with E-state index in [1.54, 1.807) is 10.9 Å². The van der Waals surface area contributed by atoms with Crippen molar-refractivity contribution in [2.24, 2.45) is 0 Å². The maximum absolute atomic E-state index is 11.7. The third kappa shape index (κ3) is 3.95. The molecule has 1 N–H and O–H groups in total. The molecule has 100 valence electrons. The van der Waals surface area contributed by atoms with Crippen LogP contribution in [0.15, 0.2) is 42.7 Å². The maximum atomic E-state index is 11.7. The van der Waals surface area contributed by atoms with E-state index in [-0.39, 0.29) is 12.5 Å². The van der Waals surface area contributed by atoms with Crippen molar-refractivity contribution in [2.75, 3.05) is 6.54 Å². The molecule has 1 heterocycles. The topological polar surface area (TPSA) is 46.9 Å². The van der Waals surface area contributed by atoms with Gasteiger partial charge in [0.2, 0.25) is 5.91 Å². The van der Waals surface area contributed by atoms with Gasteiger partial charge in [0.05, 0.1) is 6.20 Å². The van der Waals surface area contributed by atoms with E-state index >= 15 is 0 Å². The summed E-state index contributed by atoms with van der Waals surface area (Å²) in [6.07, 6.45) is 5.78. The fraction of sp³-hybridized carbons (Fsp3) is 0.333. The molecule has 0 aliphatic heterocycles. The minimum atomic E-state index is 0.0103. The Morgan fingerprint density at radius 3 is 2.79 bits per heavy atom. The zero-order chi connectivity index (χ0) is 13.5. The van der Waals surface area contributed by atoms with Crippen LogP contribution in [0.25, 0.3) is 11.1 Å². The molecule has 4 nitrogen and oxygen atoms in total. The van der Waals surface area contributed by atoms with Gasteiger partial charge in [-0.25, -0.2) is 0 Å². The summed E-state index contributed by atoms with van der Waals surface area (Å²) in [5.41, 5.74) is 2.14. The SMILES string of the molecule is CCCCNC(=O)Cn1cc(-c2ccccc2)cn1. The summed E-state index contributed by atoms with van der Waals surface area (Å²) in [6, 6.07) is 10.0. The van der Waals surface area contributed by atoms with E-state index in [0.29, 0.717) is 0 Å². The highest BCUT2D eigenvalue weighted by atomic mass is 16.2. The van der Waals surface area contributed by atoms with Crippen LogP contribution in [-0.2, 0) is 11.3 Å². The second-order valence-electron chi connectivity index (χ2n) is 4.50. The van der Waals surface area contributed by atoms with Gasteiger partial charge < -0.3 is 5.32 Å². The predicted molar refractivity (Wildman–Crippen MR) is 75.6 cm³/mol. The number of nitrogens with one attached hydrogen (secondary N) is 1. The monoisotopic (exact) mass is 257 g/mol. The Morgan fingerprint density at radius 2 is 2.05 bits per heavy atom. The maximum Gasteiger partial charge on any atom is 0.241 e. The van der Waals surface area contributed by atoms with Gasteiger partial charge in [0, 0.05) is 18.3 Å². The van der Waals surface area contributed by atoms with Crippen LogP contribution in [0, 0.1) is 0 Å². The lowest BCUT2D eigenvalue weighted by Gasteiger charge is -2.03. The average molecular weight is 257 g/mol. The smallest absolute Gasteiger partial charge is 0.241 e. The number of nitrogens with zero attached hydrogens (tertiary/aromatic N) is 2. The van der Waals surface area contributed by atoms with Crippen LogP contribution in [-0.4, -0.2) is 22.2 Å². The van der Waals surface area contributed by atoms with Crippen molar-refractivity contribution >= 4 is 5.91 Å². The van der Waals surface area contributed by atoms with Crippen LogP contribution in [0.3, 0.4) is 0 Å². The molecule has 1 aromatic carbocycles. The van der Waals surface area contributed by atoms with Crippen molar-refractivity contribution in [1.82, 2.24) is 15.1 Å². The summed E-state index contributed by atoms with van der Waals surface area (Å²) in [7, 11) is 0. The summed E-state index contributed by atoms with van der Waals surface area (Å²) in [5.74, 6) is 0.0103. The van der Waals surface area contributed by atoms with E-state index in [1.807, 2.05) is 36.5 Å². The van der Waals surface area contributed by atoms with Crippen LogP contribution in [0.1, 0.15) is 19.8 Å². The molecular formula is C15H19N3O. The Hall–Kier alpha value is -2.10. The molecule has 0 radical (unpaired) electrons. The largest absolute Gasteiger partial charge is 0.354 e. The van der Waals surface area contributed by atoms with Gasteiger partial charge in [0.15, 0.2) is 0 Å². The van der Waals surface area contributed by atoms with E-state index < -0.39 is 0 Å². The van der Waals surface area contributed by atoms with E-state index in [2.05, 4.69) is 17.3 Å². The number of aromatic nitrogens is 2. The number of carbonyl (C=O) groups excluding carboxylic acids is 1. The predicted octanol–water partition coefficient (Wildman–Crippen LogP) is 2.47. The van der Waals surface area contributed by atoms with Crippen molar-refractivity contribution in [3.05, 3.63) is 42.7 Å². The van der Waals surface area contributed by atoms with Gasteiger partial charge in [-0.15, -0.1) is 0 Å². The highest BCUT2D eigenvalue weighted by molar-refractivity contribution is 5.75.